The summed E-state index contributed by atoms with van der Waals surface area (Å²) in [5.74, 6) is -2.65. The Balaban J connectivity index is 1.63. The molecule has 166 valence electrons. The number of benzene rings is 3. The van der Waals surface area contributed by atoms with Gasteiger partial charge in [-0.2, -0.15) is 5.10 Å². The van der Waals surface area contributed by atoms with Gasteiger partial charge in [0, 0.05) is 28.4 Å². The number of para-hydroxylation sites is 1. The highest BCUT2D eigenvalue weighted by Gasteiger charge is 2.18. The predicted octanol–water partition coefficient (Wildman–Crippen LogP) is 3.59. The van der Waals surface area contributed by atoms with Crippen molar-refractivity contribution < 1.29 is 19.3 Å². The first-order valence-electron chi connectivity index (χ1n) is 9.38. The summed E-state index contributed by atoms with van der Waals surface area (Å²) in [5.41, 5.74) is 2.99. The van der Waals surface area contributed by atoms with Gasteiger partial charge < -0.3 is 10.6 Å². The van der Waals surface area contributed by atoms with Gasteiger partial charge in [-0.05, 0) is 36.4 Å². The topological polar surface area (TPSA) is 143 Å². The molecule has 0 unspecified atom stereocenters. The zero-order valence-corrected chi connectivity index (χ0v) is 17.6. The van der Waals surface area contributed by atoms with E-state index in [0.717, 1.165) is 6.21 Å². The maximum absolute atomic E-state index is 12.6. The Morgan fingerprint density at radius 2 is 1.64 bits per heavy atom. The molecule has 3 aromatic rings. The van der Waals surface area contributed by atoms with Crippen LogP contribution in [0.15, 0.2) is 77.9 Å². The number of amides is 3. The molecule has 3 N–H and O–H groups in total. The van der Waals surface area contributed by atoms with Gasteiger partial charge in [0.1, 0.15) is 0 Å². The average molecular weight is 466 g/mol. The Morgan fingerprint density at radius 3 is 2.36 bits per heavy atom. The number of hydrazone groups is 1. The molecule has 0 spiro atoms. The second-order valence-electron chi connectivity index (χ2n) is 6.51. The number of nitro benzene ring substituents is 1. The lowest BCUT2D eigenvalue weighted by atomic mass is 10.1. The van der Waals surface area contributed by atoms with Crippen LogP contribution in [0.25, 0.3) is 0 Å². The van der Waals surface area contributed by atoms with Gasteiger partial charge >= 0.3 is 11.8 Å². The molecule has 0 aliphatic heterocycles. The van der Waals surface area contributed by atoms with Crippen molar-refractivity contribution in [3.63, 3.8) is 0 Å². The molecule has 0 fully saturated rings. The number of nitro groups is 1. The summed E-state index contributed by atoms with van der Waals surface area (Å²) in [6.07, 6.45) is 1.16. The highest BCUT2D eigenvalue weighted by atomic mass is 35.5. The third-order valence-corrected chi connectivity index (χ3v) is 4.44. The molecule has 11 heteroatoms. The molecule has 0 saturated heterocycles. The second-order valence-corrected chi connectivity index (χ2v) is 6.95. The van der Waals surface area contributed by atoms with Crippen molar-refractivity contribution in [2.75, 3.05) is 10.6 Å². The summed E-state index contributed by atoms with van der Waals surface area (Å²) < 4.78 is 0. The van der Waals surface area contributed by atoms with Crippen molar-refractivity contribution in [1.82, 2.24) is 5.43 Å². The van der Waals surface area contributed by atoms with Crippen LogP contribution in [0.2, 0.25) is 5.02 Å². The molecule has 0 aromatic heterocycles. The van der Waals surface area contributed by atoms with Crippen LogP contribution in [0.4, 0.5) is 17.1 Å². The number of carbonyl (C=O) groups excluding carboxylic acids is 3. The normalized spacial score (nSPS) is 10.5. The third kappa shape index (κ3) is 6.45. The van der Waals surface area contributed by atoms with Crippen molar-refractivity contribution in [2.24, 2.45) is 5.10 Å². The molecule has 0 atom stereocenters. The van der Waals surface area contributed by atoms with Crippen LogP contribution in [0.3, 0.4) is 0 Å². The third-order valence-electron chi connectivity index (χ3n) is 4.19. The molecule has 0 heterocycles. The molecule has 3 rings (SSSR count). The molecule has 0 bridgehead atoms. The van der Waals surface area contributed by atoms with Crippen LogP contribution in [0.5, 0.6) is 0 Å². The van der Waals surface area contributed by atoms with Crippen molar-refractivity contribution in [1.29, 1.82) is 0 Å². The van der Waals surface area contributed by atoms with Crippen LogP contribution in [0, 0.1) is 10.1 Å². The zero-order valence-electron chi connectivity index (χ0n) is 16.8. The Morgan fingerprint density at radius 1 is 0.909 bits per heavy atom. The lowest BCUT2D eigenvalue weighted by molar-refractivity contribution is -0.384. The smallest absolute Gasteiger partial charge is 0.322 e. The fraction of sp³-hybridized carbons (Fsp3) is 0. The maximum Gasteiger partial charge on any atom is 0.329 e. The van der Waals surface area contributed by atoms with Gasteiger partial charge in [-0.25, -0.2) is 5.43 Å². The van der Waals surface area contributed by atoms with Gasteiger partial charge in [-0.15, -0.1) is 0 Å². The number of non-ortho nitro benzene ring substituents is 1. The fourth-order valence-electron chi connectivity index (χ4n) is 2.64. The lowest BCUT2D eigenvalue weighted by Crippen LogP contribution is -2.33. The maximum atomic E-state index is 12.6. The van der Waals surface area contributed by atoms with Crippen molar-refractivity contribution in [3.8, 4) is 0 Å². The van der Waals surface area contributed by atoms with E-state index in [0.29, 0.717) is 16.3 Å². The first-order valence-corrected chi connectivity index (χ1v) is 9.76. The minimum atomic E-state index is -1.09. The molecule has 33 heavy (non-hydrogen) atoms. The summed E-state index contributed by atoms with van der Waals surface area (Å²) in [6.45, 7) is 0. The number of nitrogens with one attached hydrogen (secondary N) is 3. The number of hydrogen-bond donors (Lipinski definition) is 3. The van der Waals surface area contributed by atoms with Gasteiger partial charge in [0.2, 0.25) is 0 Å². The van der Waals surface area contributed by atoms with E-state index in [2.05, 4.69) is 15.7 Å². The largest absolute Gasteiger partial charge is 0.329 e. The van der Waals surface area contributed by atoms with E-state index in [9.17, 15) is 24.5 Å². The van der Waals surface area contributed by atoms with Gasteiger partial charge in [0.25, 0.3) is 11.6 Å². The number of rotatable bonds is 6. The average Bonchev–Trinajstić information content (AvgIpc) is 2.81. The number of halogens is 1. The molecular weight excluding hydrogens is 450 g/mol. The van der Waals surface area contributed by atoms with E-state index >= 15 is 0 Å². The molecule has 3 amide bonds. The molecule has 10 nitrogen and oxygen atoms in total. The van der Waals surface area contributed by atoms with Crippen LogP contribution in [0.1, 0.15) is 15.9 Å². The minimum Gasteiger partial charge on any atom is -0.322 e. The van der Waals surface area contributed by atoms with E-state index in [-0.39, 0.29) is 16.9 Å². The van der Waals surface area contributed by atoms with Gasteiger partial charge in [0.05, 0.1) is 22.4 Å². The second kappa shape index (κ2) is 10.6. The van der Waals surface area contributed by atoms with Gasteiger partial charge in [-0.1, -0.05) is 35.9 Å². The van der Waals surface area contributed by atoms with E-state index in [1.54, 1.807) is 36.4 Å². The standard InChI is InChI=1S/C22H16ClN5O5/c23-15-8-10-16(11-9-15)25-20(29)18-6-1-2-7-19(18)26-21(30)22(31)27-24-13-14-4-3-5-17(12-14)28(32)33/h1-13H,(H,25,29)(H,26,30)(H,27,31)/b24-13-. The first-order chi connectivity index (χ1) is 15.8. The SMILES string of the molecule is O=C(N/N=C\c1cccc([N+](=O)[O-])c1)C(=O)Nc1ccccc1C(=O)Nc1ccc(Cl)cc1. The number of anilines is 2. The summed E-state index contributed by atoms with van der Waals surface area (Å²) in [7, 11) is 0. The Labute approximate surface area is 192 Å². The van der Waals surface area contributed by atoms with Gasteiger partial charge in [-0.3, -0.25) is 24.5 Å². The van der Waals surface area contributed by atoms with Crippen LogP contribution in [-0.4, -0.2) is 28.9 Å². The highest BCUT2D eigenvalue weighted by molar-refractivity contribution is 6.40. The Hall–Kier alpha value is -4.57. The summed E-state index contributed by atoms with van der Waals surface area (Å²) in [6, 6.07) is 18.2. The molecule has 0 radical (unpaired) electrons. The highest BCUT2D eigenvalue weighted by Crippen LogP contribution is 2.19. The predicted molar refractivity (Wildman–Crippen MR) is 123 cm³/mol. The molecule has 0 saturated carbocycles. The Bertz CT molecular complexity index is 1240. The monoisotopic (exact) mass is 465 g/mol. The molecule has 0 aliphatic carbocycles. The van der Waals surface area contributed by atoms with Crippen molar-refractivity contribution in [3.05, 3.63) is 99.1 Å². The van der Waals surface area contributed by atoms with Gasteiger partial charge in [0.15, 0.2) is 0 Å². The Kier molecular flexibility index (Phi) is 7.45. The zero-order chi connectivity index (χ0) is 23.8. The number of hydrogen-bond acceptors (Lipinski definition) is 6. The number of nitrogens with zero attached hydrogens (tertiary/aromatic N) is 2. The summed E-state index contributed by atoms with van der Waals surface area (Å²) in [5, 5.41) is 20.0. The van der Waals surface area contributed by atoms with Crippen molar-refractivity contribution in [2.45, 2.75) is 0 Å². The van der Waals surface area contributed by atoms with E-state index in [4.69, 9.17) is 11.6 Å². The van der Waals surface area contributed by atoms with E-state index in [1.165, 1.54) is 36.4 Å². The van der Waals surface area contributed by atoms with Crippen LogP contribution < -0.4 is 16.1 Å². The lowest BCUT2D eigenvalue weighted by Gasteiger charge is -2.11. The summed E-state index contributed by atoms with van der Waals surface area (Å²) in [4.78, 5) is 47.1. The fourth-order valence-corrected chi connectivity index (χ4v) is 2.76. The quantitative estimate of drug-likeness (QED) is 0.220. The molecular formula is C22H16ClN5O5. The molecule has 0 aliphatic rings. The van der Waals surface area contributed by atoms with Crippen LogP contribution in [-0.2, 0) is 9.59 Å². The first kappa shape index (κ1) is 23.1. The summed E-state index contributed by atoms with van der Waals surface area (Å²) >= 11 is 5.83. The van der Waals surface area contributed by atoms with Crippen molar-refractivity contribution >= 4 is 52.6 Å². The minimum absolute atomic E-state index is 0.117. The molecule has 3 aromatic carbocycles. The number of carbonyl (C=O) groups is 3. The van der Waals surface area contributed by atoms with Crippen LogP contribution >= 0.6 is 11.6 Å². The van der Waals surface area contributed by atoms with E-state index in [1.807, 2.05) is 5.43 Å². The van der Waals surface area contributed by atoms with E-state index < -0.39 is 22.6 Å².